The largest absolute Gasteiger partial charge is 0.390 e. The van der Waals surface area contributed by atoms with Gasteiger partial charge in [0.2, 0.25) is 5.65 Å². The number of hydrogen-bond donors (Lipinski definition) is 0. The Kier molecular flexibility index (Phi) is 4.43. The van der Waals surface area contributed by atoms with E-state index in [1.807, 2.05) is 13.8 Å². The van der Waals surface area contributed by atoms with E-state index >= 15 is 0 Å². The van der Waals surface area contributed by atoms with Crippen LogP contribution in [-0.2, 0) is 6.54 Å². The van der Waals surface area contributed by atoms with Crippen molar-refractivity contribution in [1.29, 1.82) is 0 Å². The molecule has 0 aliphatic rings. The van der Waals surface area contributed by atoms with Crippen LogP contribution in [0.5, 0.6) is 0 Å². The zero-order chi connectivity index (χ0) is 18.4. The number of hydrogen-bond acceptors (Lipinski definition) is 4. The first-order valence-electron chi connectivity index (χ1n) is 7.42. The summed E-state index contributed by atoms with van der Waals surface area (Å²) in [5.74, 6) is 0.310. The molecule has 0 spiro atoms. The lowest BCUT2D eigenvalue weighted by molar-refractivity contribution is -0.137. The molecule has 3 aromatic heterocycles. The molecule has 0 aliphatic carbocycles. The number of rotatable bonds is 4. The number of halogens is 4. The molecule has 3 heterocycles. The Balaban J connectivity index is 2.09. The number of fused-ring (bicyclic) bond motifs is 1. The highest BCUT2D eigenvalue weighted by Gasteiger charge is 2.27. The summed E-state index contributed by atoms with van der Waals surface area (Å²) in [7, 11) is 0. The van der Waals surface area contributed by atoms with Crippen LogP contribution in [0.3, 0.4) is 0 Å². The van der Waals surface area contributed by atoms with Gasteiger partial charge in [-0.25, -0.2) is 4.98 Å². The van der Waals surface area contributed by atoms with Gasteiger partial charge in [0.1, 0.15) is 4.60 Å². The summed E-state index contributed by atoms with van der Waals surface area (Å²) in [5, 5.41) is 8.34. The van der Waals surface area contributed by atoms with E-state index in [9.17, 15) is 18.0 Å². The highest BCUT2D eigenvalue weighted by Crippen LogP contribution is 2.23. The fraction of sp³-hybridized carbons (Fsp3) is 0.429. The SMILES string of the molecule is CC(C)n1c(-c2cnn(CCC(F)(F)F)c2)nn2c(Br)cnc2c1=O. The van der Waals surface area contributed by atoms with Gasteiger partial charge in [-0.05, 0) is 29.8 Å². The van der Waals surface area contributed by atoms with Crippen LogP contribution in [0, 0.1) is 0 Å². The number of aromatic nitrogens is 6. The van der Waals surface area contributed by atoms with E-state index in [-0.39, 0.29) is 23.8 Å². The molecule has 0 aliphatic heterocycles. The van der Waals surface area contributed by atoms with Crippen molar-refractivity contribution in [2.75, 3.05) is 0 Å². The van der Waals surface area contributed by atoms with Crippen molar-refractivity contribution < 1.29 is 13.2 Å². The van der Waals surface area contributed by atoms with E-state index in [0.29, 0.717) is 16.0 Å². The maximum absolute atomic E-state index is 12.7. The summed E-state index contributed by atoms with van der Waals surface area (Å²) < 4.78 is 41.6. The predicted octanol–water partition coefficient (Wildman–Crippen LogP) is 3.05. The summed E-state index contributed by atoms with van der Waals surface area (Å²) >= 11 is 3.27. The smallest absolute Gasteiger partial charge is 0.285 e. The molecule has 25 heavy (non-hydrogen) atoms. The first-order valence-corrected chi connectivity index (χ1v) is 8.22. The van der Waals surface area contributed by atoms with Crippen molar-refractivity contribution in [1.82, 2.24) is 28.9 Å². The summed E-state index contributed by atoms with van der Waals surface area (Å²) in [4.78, 5) is 16.7. The van der Waals surface area contributed by atoms with Crippen molar-refractivity contribution in [2.24, 2.45) is 0 Å². The maximum Gasteiger partial charge on any atom is 0.390 e. The first kappa shape index (κ1) is 17.6. The highest BCUT2D eigenvalue weighted by atomic mass is 79.9. The average Bonchev–Trinajstić information content (AvgIpc) is 3.11. The molecule has 0 unspecified atom stereocenters. The van der Waals surface area contributed by atoms with Gasteiger partial charge in [-0.2, -0.15) is 22.8 Å². The van der Waals surface area contributed by atoms with Crippen molar-refractivity contribution in [2.45, 2.75) is 39.0 Å². The van der Waals surface area contributed by atoms with E-state index in [4.69, 9.17) is 0 Å². The molecule has 0 atom stereocenters. The van der Waals surface area contributed by atoms with E-state index in [1.54, 1.807) is 0 Å². The number of alkyl halides is 3. The molecular formula is C14H14BrF3N6O. The predicted molar refractivity (Wildman–Crippen MR) is 87.2 cm³/mol. The van der Waals surface area contributed by atoms with E-state index in [1.165, 1.54) is 32.4 Å². The molecule has 3 aromatic rings. The summed E-state index contributed by atoms with van der Waals surface area (Å²) in [6.45, 7) is 3.33. The van der Waals surface area contributed by atoms with Crippen LogP contribution in [0.4, 0.5) is 13.2 Å². The fourth-order valence-electron chi connectivity index (χ4n) is 2.43. The van der Waals surface area contributed by atoms with Gasteiger partial charge in [-0.3, -0.25) is 14.0 Å². The lowest BCUT2D eigenvalue weighted by Gasteiger charge is -2.14. The number of imidazole rings is 1. The lowest BCUT2D eigenvalue weighted by atomic mass is 10.3. The van der Waals surface area contributed by atoms with Crippen LogP contribution >= 0.6 is 15.9 Å². The molecule has 0 radical (unpaired) electrons. The highest BCUT2D eigenvalue weighted by molar-refractivity contribution is 9.10. The third-order valence-corrected chi connectivity index (χ3v) is 4.10. The number of aryl methyl sites for hydroxylation is 1. The van der Waals surface area contributed by atoms with Crippen LogP contribution in [-0.4, -0.2) is 35.1 Å². The molecule has 11 heteroatoms. The van der Waals surface area contributed by atoms with Gasteiger partial charge in [-0.1, -0.05) is 0 Å². The second kappa shape index (κ2) is 6.28. The van der Waals surface area contributed by atoms with Crippen molar-refractivity contribution in [3.8, 4) is 11.4 Å². The summed E-state index contributed by atoms with van der Waals surface area (Å²) in [5.41, 5.74) is 0.276. The Morgan fingerprint density at radius 2 is 2.00 bits per heavy atom. The molecule has 3 rings (SSSR count). The minimum atomic E-state index is -4.26. The van der Waals surface area contributed by atoms with Gasteiger partial charge in [0.25, 0.3) is 5.56 Å². The van der Waals surface area contributed by atoms with Crippen LogP contribution in [0.15, 0.2) is 28.0 Å². The molecular weight excluding hydrogens is 405 g/mol. The molecule has 0 saturated heterocycles. The van der Waals surface area contributed by atoms with E-state index in [2.05, 4.69) is 31.1 Å². The Bertz CT molecular complexity index is 971. The molecule has 0 bridgehead atoms. The fourth-order valence-corrected chi connectivity index (χ4v) is 2.78. The standard InChI is InChI=1S/C14H14BrF3N6O/c1-8(2)23-11(21-24-10(15)6-19-12(24)13(23)25)9-5-20-22(7-9)4-3-14(16,17)18/h5-8H,3-4H2,1-2H3. The average molecular weight is 419 g/mol. The third kappa shape index (κ3) is 3.46. The van der Waals surface area contributed by atoms with Crippen molar-refractivity contribution >= 4 is 21.6 Å². The van der Waals surface area contributed by atoms with E-state index in [0.717, 1.165) is 0 Å². The second-order valence-corrected chi connectivity index (χ2v) is 6.58. The molecule has 134 valence electrons. The van der Waals surface area contributed by atoms with Gasteiger partial charge in [0.05, 0.1) is 24.4 Å². The monoisotopic (exact) mass is 418 g/mol. The Labute approximate surface area is 148 Å². The van der Waals surface area contributed by atoms with Crippen molar-refractivity contribution in [3.05, 3.63) is 33.5 Å². The minimum absolute atomic E-state index is 0.161. The Morgan fingerprint density at radius 3 is 2.64 bits per heavy atom. The van der Waals surface area contributed by atoms with Gasteiger partial charge in [-0.15, -0.1) is 5.10 Å². The Hall–Kier alpha value is -2.17. The molecule has 0 amide bonds. The Morgan fingerprint density at radius 1 is 1.28 bits per heavy atom. The summed E-state index contributed by atoms with van der Waals surface area (Å²) in [6.07, 6.45) is -0.933. The number of nitrogens with zero attached hydrogens (tertiary/aromatic N) is 6. The van der Waals surface area contributed by atoms with Crippen LogP contribution in [0.1, 0.15) is 26.3 Å². The van der Waals surface area contributed by atoms with E-state index < -0.39 is 12.6 Å². The minimum Gasteiger partial charge on any atom is -0.285 e. The quantitative estimate of drug-likeness (QED) is 0.652. The third-order valence-electron chi connectivity index (χ3n) is 3.56. The zero-order valence-corrected chi connectivity index (χ0v) is 14.9. The van der Waals surface area contributed by atoms with Crippen LogP contribution in [0.2, 0.25) is 0 Å². The topological polar surface area (TPSA) is 70.0 Å². The molecule has 7 nitrogen and oxygen atoms in total. The zero-order valence-electron chi connectivity index (χ0n) is 13.3. The maximum atomic E-state index is 12.7. The molecule has 0 N–H and O–H groups in total. The van der Waals surface area contributed by atoms with Gasteiger partial charge in [0, 0.05) is 18.8 Å². The second-order valence-electron chi connectivity index (χ2n) is 5.77. The van der Waals surface area contributed by atoms with Gasteiger partial charge >= 0.3 is 6.18 Å². The summed E-state index contributed by atoms with van der Waals surface area (Å²) in [6, 6.07) is -0.214. The first-order chi connectivity index (χ1) is 11.7. The van der Waals surface area contributed by atoms with Crippen LogP contribution < -0.4 is 5.56 Å². The van der Waals surface area contributed by atoms with Gasteiger partial charge in [0.15, 0.2) is 5.82 Å². The van der Waals surface area contributed by atoms with Crippen LogP contribution in [0.25, 0.3) is 17.0 Å². The molecule has 0 aromatic carbocycles. The lowest BCUT2D eigenvalue weighted by Crippen LogP contribution is -2.27. The normalized spacial score (nSPS) is 12.4. The molecule has 0 saturated carbocycles. The molecule has 0 fully saturated rings. The van der Waals surface area contributed by atoms with Crippen molar-refractivity contribution in [3.63, 3.8) is 0 Å². The van der Waals surface area contributed by atoms with Gasteiger partial charge < -0.3 is 0 Å².